The third kappa shape index (κ3) is 4.20. The predicted molar refractivity (Wildman–Crippen MR) is 95.2 cm³/mol. The normalized spacial score (nSPS) is 10.8. The number of benzene rings is 1. The van der Waals surface area contributed by atoms with E-state index in [1.165, 1.54) is 16.9 Å². The number of hydrogen-bond acceptors (Lipinski definition) is 3. The van der Waals surface area contributed by atoms with E-state index in [0.717, 1.165) is 16.0 Å². The van der Waals surface area contributed by atoms with Crippen molar-refractivity contribution in [3.63, 3.8) is 0 Å². The Labute approximate surface area is 140 Å². The molecule has 0 aliphatic heterocycles. The van der Waals surface area contributed by atoms with Crippen molar-refractivity contribution in [2.24, 2.45) is 5.73 Å². The number of rotatable bonds is 5. The van der Waals surface area contributed by atoms with Gasteiger partial charge in [-0.2, -0.15) is 0 Å². The van der Waals surface area contributed by atoms with Gasteiger partial charge in [0.25, 0.3) is 5.91 Å². The average molecular weight is 330 g/mol. The Morgan fingerprint density at radius 3 is 2.43 bits per heavy atom. The monoisotopic (exact) mass is 330 g/mol. The van der Waals surface area contributed by atoms with Crippen molar-refractivity contribution in [1.82, 2.24) is 0 Å². The minimum Gasteiger partial charge on any atom is -0.366 e. The van der Waals surface area contributed by atoms with Crippen LogP contribution in [-0.2, 0) is 11.2 Å². The second-order valence-electron chi connectivity index (χ2n) is 6.05. The Kier molecular flexibility index (Phi) is 5.21. The summed E-state index contributed by atoms with van der Waals surface area (Å²) in [6.45, 7) is 8.14. The molecule has 2 amide bonds. The largest absolute Gasteiger partial charge is 0.366 e. The van der Waals surface area contributed by atoms with Gasteiger partial charge in [0.1, 0.15) is 5.00 Å². The number of carbonyl (C=O) groups excluding carboxylic acids is 2. The van der Waals surface area contributed by atoms with E-state index in [9.17, 15) is 9.59 Å². The molecule has 0 saturated carbocycles. The van der Waals surface area contributed by atoms with Gasteiger partial charge < -0.3 is 11.1 Å². The van der Waals surface area contributed by atoms with E-state index in [1.807, 2.05) is 45.9 Å². The standard InChI is InChI=1S/C18H22N2O2S/c1-10(2)15-9-14(17(19)22)18(23-15)20-16(21)8-13-6-5-11(3)12(4)7-13/h5-7,9-10H,8H2,1-4H3,(H2,19,22)(H,20,21). The van der Waals surface area contributed by atoms with Crippen LogP contribution in [0.2, 0.25) is 0 Å². The molecular weight excluding hydrogens is 308 g/mol. The van der Waals surface area contributed by atoms with Gasteiger partial charge >= 0.3 is 0 Å². The molecule has 2 aromatic rings. The number of thiophene rings is 1. The second-order valence-corrected chi connectivity index (χ2v) is 7.14. The number of carbonyl (C=O) groups is 2. The molecule has 0 radical (unpaired) electrons. The van der Waals surface area contributed by atoms with Crippen molar-refractivity contribution in [3.05, 3.63) is 51.4 Å². The fraction of sp³-hybridized carbons (Fsp3) is 0.333. The third-order valence-corrected chi connectivity index (χ3v) is 5.13. The lowest BCUT2D eigenvalue weighted by atomic mass is 10.0. The van der Waals surface area contributed by atoms with E-state index in [2.05, 4.69) is 5.32 Å². The molecule has 0 bridgehead atoms. The Bertz CT molecular complexity index is 747. The quantitative estimate of drug-likeness (QED) is 0.876. The Hall–Kier alpha value is -2.14. The van der Waals surface area contributed by atoms with Crippen LogP contribution in [0, 0.1) is 13.8 Å². The molecule has 5 heteroatoms. The van der Waals surface area contributed by atoms with Crippen LogP contribution >= 0.6 is 11.3 Å². The van der Waals surface area contributed by atoms with E-state index in [1.54, 1.807) is 6.07 Å². The molecule has 0 fully saturated rings. The highest BCUT2D eigenvalue weighted by molar-refractivity contribution is 7.16. The van der Waals surface area contributed by atoms with E-state index >= 15 is 0 Å². The first kappa shape index (κ1) is 17.2. The molecule has 122 valence electrons. The third-order valence-electron chi connectivity index (χ3n) is 3.77. The molecule has 23 heavy (non-hydrogen) atoms. The molecule has 0 saturated heterocycles. The Morgan fingerprint density at radius 2 is 1.87 bits per heavy atom. The molecule has 1 heterocycles. The minimum absolute atomic E-state index is 0.145. The first-order valence-electron chi connectivity index (χ1n) is 7.57. The number of nitrogens with two attached hydrogens (primary N) is 1. The van der Waals surface area contributed by atoms with Gasteiger partial charge in [-0.3, -0.25) is 9.59 Å². The Balaban J connectivity index is 2.16. The van der Waals surface area contributed by atoms with Crippen molar-refractivity contribution < 1.29 is 9.59 Å². The molecule has 0 aliphatic carbocycles. The fourth-order valence-corrected chi connectivity index (χ4v) is 3.32. The molecule has 0 spiro atoms. The fourth-order valence-electron chi connectivity index (χ4n) is 2.24. The summed E-state index contributed by atoms with van der Waals surface area (Å²) in [5.74, 6) is -0.383. The highest BCUT2D eigenvalue weighted by Gasteiger charge is 2.17. The summed E-state index contributed by atoms with van der Waals surface area (Å²) < 4.78 is 0. The summed E-state index contributed by atoms with van der Waals surface area (Å²) in [5, 5.41) is 3.37. The first-order chi connectivity index (χ1) is 10.8. The van der Waals surface area contributed by atoms with Gasteiger partial charge in [-0.05, 0) is 42.5 Å². The van der Waals surface area contributed by atoms with Crippen molar-refractivity contribution in [2.75, 3.05) is 5.32 Å². The van der Waals surface area contributed by atoms with Gasteiger partial charge in [-0.15, -0.1) is 11.3 Å². The van der Waals surface area contributed by atoms with Gasteiger partial charge in [0.15, 0.2) is 0 Å². The molecule has 0 atom stereocenters. The van der Waals surface area contributed by atoms with Gasteiger partial charge in [0.2, 0.25) is 5.91 Å². The van der Waals surface area contributed by atoms with Crippen molar-refractivity contribution in [2.45, 2.75) is 40.0 Å². The van der Waals surface area contributed by atoms with Crippen LogP contribution in [0.3, 0.4) is 0 Å². The van der Waals surface area contributed by atoms with Crippen molar-refractivity contribution >= 4 is 28.2 Å². The summed E-state index contributed by atoms with van der Waals surface area (Å²) >= 11 is 1.41. The van der Waals surface area contributed by atoms with E-state index < -0.39 is 5.91 Å². The molecule has 0 aliphatic rings. The maximum Gasteiger partial charge on any atom is 0.251 e. The number of amides is 2. The van der Waals surface area contributed by atoms with Crippen LogP contribution in [0.1, 0.15) is 51.7 Å². The lowest BCUT2D eigenvalue weighted by molar-refractivity contribution is -0.115. The zero-order valence-electron chi connectivity index (χ0n) is 13.9. The van der Waals surface area contributed by atoms with Crippen LogP contribution < -0.4 is 11.1 Å². The lowest BCUT2D eigenvalue weighted by Gasteiger charge is -2.07. The van der Waals surface area contributed by atoms with Crippen LogP contribution in [0.15, 0.2) is 24.3 Å². The zero-order chi connectivity index (χ0) is 17.1. The number of aryl methyl sites for hydroxylation is 2. The molecule has 1 aromatic carbocycles. The number of nitrogens with one attached hydrogen (secondary N) is 1. The summed E-state index contributed by atoms with van der Waals surface area (Å²) in [6, 6.07) is 7.74. The van der Waals surface area contributed by atoms with E-state index in [0.29, 0.717) is 10.6 Å². The molecular formula is C18H22N2O2S. The summed E-state index contributed by atoms with van der Waals surface area (Å²) in [6.07, 6.45) is 0.272. The smallest absolute Gasteiger partial charge is 0.251 e. The summed E-state index contributed by atoms with van der Waals surface area (Å²) in [4.78, 5) is 24.9. The number of anilines is 1. The van der Waals surface area contributed by atoms with Crippen molar-refractivity contribution in [3.8, 4) is 0 Å². The molecule has 3 N–H and O–H groups in total. The van der Waals surface area contributed by atoms with E-state index in [-0.39, 0.29) is 18.2 Å². The second kappa shape index (κ2) is 6.96. The maximum atomic E-state index is 12.3. The van der Waals surface area contributed by atoms with Crippen LogP contribution in [0.4, 0.5) is 5.00 Å². The highest BCUT2D eigenvalue weighted by Crippen LogP contribution is 2.32. The molecule has 2 rings (SSSR count). The number of primary amides is 1. The molecule has 1 aromatic heterocycles. The SMILES string of the molecule is Cc1ccc(CC(=O)Nc2sc(C(C)C)cc2C(N)=O)cc1C. The minimum atomic E-state index is -0.519. The summed E-state index contributed by atoms with van der Waals surface area (Å²) in [5.41, 5.74) is 9.10. The Morgan fingerprint density at radius 1 is 1.17 bits per heavy atom. The van der Waals surface area contributed by atoms with Crippen LogP contribution in [0.25, 0.3) is 0 Å². The topological polar surface area (TPSA) is 72.2 Å². The molecule has 0 unspecified atom stereocenters. The maximum absolute atomic E-state index is 12.3. The van der Waals surface area contributed by atoms with Crippen molar-refractivity contribution in [1.29, 1.82) is 0 Å². The van der Waals surface area contributed by atoms with Crippen LogP contribution in [0.5, 0.6) is 0 Å². The zero-order valence-corrected chi connectivity index (χ0v) is 14.7. The highest BCUT2D eigenvalue weighted by atomic mass is 32.1. The van der Waals surface area contributed by atoms with Gasteiger partial charge in [-0.1, -0.05) is 32.0 Å². The first-order valence-corrected chi connectivity index (χ1v) is 8.39. The van der Waals surface area contributed by atoms with Gasteiger partial charge in [0.05, 0.1) is 12.0 Å². The average Bonchev–Trinajstić information content (AvgIpc) is 2.87. The summed E-state index contributed by atoms with van der Waals surface area (Å²) in [7, 11) is 0. The van der Waals surface area contributed by atoms with E-state index in [4.69, 9.17) is 5.73 Å². The lowest BCUT2D eigenvalue weighted by Crippen LogP contribution is -2.18. The van der Waals surface area contributed by atoms with Gasteiger partial charge in [-0.25, -0.2) is 0 Å². The predicted octanol–water partition coefficient (Wildman–Crippen LogP) is 3.77. The van der Waals surface area contributed by atoms with Crippen LogP contribution in [-0.4, -0.2) is 11.8 Å². The van der Waals surface area contributed by atoms with Gasteiger partial charge in [0, 0.05) is 4.88 Å². The molecule has 4 nitrogen and oxygen atoms in total. The number of hydrogen-bond donors (Lipinski definition) is 2.